The van der Waals surface area contributed by atoms with Crippen LogP contribution < -0.4 is 15.4 Å². The second kappa shape index (κ2) is 13.0. The lowest BCUT2D eigenvalue weighted by atomic mass is 9.81. The molecule has 47 heavy (non-hydrogen) atoms. The third-order valence-corrected chi connectivity index (χ3v) is 12.0. The zero-order valence-corrected chi connectivity index (χ0v) is 28.9. The number of nitrogens with zero attached hydrogens (tertiary/aromatic N) is 7. The molecule has 2 aliphatic carbocycles. The number of aryl methyl sites for hydroxylation is 1. The van der Waals surface area contributed by atoms with Crippen molar-refractivity contribution in [1.82, 2.24) is 24.9 Å². The van der Waals surface area contributed by atoms with Crippen molar-refractivity contribution in [3.05, 3.63) is 33.4 Å². The summed E-state index contributed by atoms with van der Waals surface area (Å²) in [4.78, 5) is 18.3. The van der Waals surface area contributed by atoms with Crippen LogP contribution in [0.25, 0.3) is 11.5 Å². The topological polar surface area (TPSA) is 121 Å². The van der Waals surface area contributed by atoms with Crippen molar-refractivity contribution in [1.29, 1.82) is 5.26 Å². The molecule has 3 aromatic heterocycles. The number of nitriles is 1. The fourth-order valence-corrected chi connectivity index (χ4v) is 9.39. The van der Waals surface area contributed by atoms with Gasteiger partial charge in [0.1, 0.15) is 34.9 Å². The standard InChI is InChI=1S/C35H47FN8O2S/c1-5-7-9-24-31(41-46-32(24)23-10-8-11-27-30(23)25(18-37)33(38)47-27)34-39-28(43-14-15-44(6-2)35(20-43)12-13-35)17-29(40-34)45-21(3)26-16-22(36)19-42(26)4/h17,21-23,26H,5-16,19-20,38H2,1-4H3/t21-,22+,23-,26-/m0/s1. The van der Waals surface area contributed by atoms with Crippen LogP contribution in [0.5, 0.6) is 5.88 Å². The Kier molecular flexibility index (Phi) is 8.91. The summed E-state index contributed by atoms with van der Waals surface area (Å²) in [5.41, 5.74) is 9.74. The number of unbranched alkanes of at least 4 members (excludes halogenated alkanes) is 1. The number of likely N-dealkylation sites (N-methyl/N-ethyl adjacent to an activating group) is 2. The maximum atomic E-state index is 14.3. The van der Waals surface area contributed by atoms with E-state index in [9.17, 15) is 9.65 Å². The van der Waals surface area contributed by atoms with Gasteiger partial charge in [-0.2, -0.15) is 10.2 Å². The van der Waals surface area contributed by atoms with E-state index in [1.807, 2.05) is 24.9 Å². The summed E-state index contributed by atoms with van der Waals surface area (Å²) in [6, 6.07) is 4.28. The van der Waals surface area contributed by atoms with Gasteiger partial charge in [0.25, 0.3) is 0 Å². The Hall–Kier alpha value is -3.27. The second-order valence-corrected chi connectivity index (χ2v) is 15.1. The molecule has 10 nitrogen and oxygen atoms in total. The first-order valence-electron chi connectivity index (χ1n) is 17.4. The molecular formula is C35H47FN8O2S. The summed E-state index contributed by atoms with van der Waals surface area (Å²) in [7, 11) is 1.95. The number of nitrogens with two attached hydrogens (primary N) is 1. The van der Waals surface area contributed by atoms with Crippen LogP contribution >= 0.6 is 11.3 Å². The van der Waals surface area contributed by atoms with Crippen molar-refractivity contribution in [2.24, 2.45) is 0 Å². The van der Waals surface area contributed by atoms with Crippen molar-refractivity contribution < 1.29 is 13.7 Å². The number of nitrogen functional groups attached to an aromatic ring is 1. The summed E-state index contributed by atoms with van der Waals surface area (Å²) in [5, 5.41) is 15.3. The molecule has 1 spiro atoms. The lowest BCUT2D eigenvalue weighted by Gasteiger charge is -2.42. The Balaban J connectivity index is 1.29. The molecule has 0 radical (unpaired) electrons. The molecule has 3 aromatic rings. The molecule has 3 fully saturated rings. The minimum Gasteiger partial charge on any atom is -0.473 e. The Morgan fingerprint density at radius 1 is 1.28 bits per heavy atom. The van der Waals surface area contributed by atoms with Gasteiger partial charge in [0.15, 0.2) is 11.5 Å². The first kappa shape index (κ1) is 32.3. The molecule has 2 aliphatic heterocycles. The zero-order chi connectivity index (χ0) is 32.9. The van der Waals surface area contributed by atoms with E-state index >= 15 is 0 Å². The van der Waals surface area contributed by atoms with Crippen LogP contribution in [0.4, 0.5) is 15.2 Å². The molecule has 12 heteroatoms. The van der Waals surface area contributed by atoms with E-state index < -0.39 is 6.17 Å². The number of halogens is 1. The van der Waals surface area contributed by atoms with Crippen molar-refractivity contribution >= 4 is 22.2 Å². The van der Waals surface area contributed by atoms with Gasteiger partial charge in [0.05, 0.1) is 5.56 Å². The minimum atomic E-state index is -0.854. The third-order valence-electron chi connectivity index (χ3n) is 10.9. The molecule has 7 rings (SSSR count). The summed E-state index contributed by atoms with van der Waals surface area (Å²) >= 11 is 1.53. The van der Waals surface area contributed by atoms with Gasteiger partial charge in [-0.3, -0.25) is 9.80 Å². The first-order valence-corrected chi connectivity index (χ1v) is 18.3. The van der Waals surface area contributed by atoms with Crippen molar-refractivity contribution in [3.8, 4) is 23.5 Å². The predicted octanol–water partition coefficient (Wildman–Crippen LogP) is 5.94. The largest absolute Gasteiger partial charge is 0.473 e. The van der Waals surface area contributed by atoms with E-state index in [1.54, 1.807) is 0 Å². The number of hydrogen-bond donors (Lipinski definition) is 1. The van der Waals surface area contributed by atoms with Crippen molar-refractivity contribution in [3.63, 3.8) is 0 Å². The maximum absolute atomic E-state index is 14.3. The lowest BCUT2D eigenvalue weighted by molar-refractivity contribution is 0.117. The van der Waals surface area contributed by atoms with Crippen LogP contribution in [0.15, 0.2) is 10.6 Å². The highest BCUT2D eigenvalue weighted by molar-refractivity contribution is 7.16. The zero-order valence-electron chi connectivity index (χ0n) is 28.1. The smallest absolute Gasteiger partial charge is 0.219 e. The third kappa shape index (κ3) is 6.00. The van der Waals surface area contributed by atoms with E-state index in [2.05, 4.69) is 34.9 Å². The Labute approximate surface area is 281 Å². The molecule has 1 saturated carbocycles. The predicted molar refractivity (Wildman–Crippen MR) is 182 cm³/mol. The molecule has 0 unspecified atom stereocenters. The summed E-state index contributed by atoms with van der Waals surface area (Å²) in [6.45, 7) is 10.6. The van der Waals surface area contributed by atoms with Crippen LogP contribution in [0.2, 0.25) is 0 Å². The SMILES string of the molecule is CCCCc1c(-c2nc(O[C@@H](C)[C@@H]3C[C@@H](F)CN3C)cc(N3CCN(CC)C4(CC4)C3)n2)noc1[C@H]1CCCc2sc(N)c(C#N)c21. The van der Waals surface area contributed by atoms with E-state index in [-0.39, 0.29) is 23.6 Å². The fraction of sp³-hybridized carbons (Fsp3) is 0.657. The molecular weight excluding hydrogens is 616 g/mol. The molecule has 0 bridgehead atoms. The maximum Gasteiger partial charge on any atom is 0.219 e. The number of piperazine rings is 1. The number of aromatic nitrogens is 3. The van der Waals surface area contributed by atoms with Gasteiger partial charge >= 0.3 is 0 Å². The number of hydrogen-bond acceptors (Lipinski definition) is 11. The van der Waals surface area contributed by atoms with Crippen LogP contribution in [0.1, 0.15) is 99.0 Å². The number of ether oxygens (including phenoxy) is 1. The molecule has 2 saturated heterocycles. The van der Waals surface area contributed by atoms with Crippen LogP contribution in [-0.4, -0.2) is 88.6 Å². The van der Waals surface area contributed by atoms with E-state index in [1.165, 1.54) is 29.1 Å². The van der Waals surface area contributed by atoms with Crippen LogP contribution in [0, 0.1) is 11.3 Å². The molecule has 5 heterocycles. The molecule has 0 aromatic carbocycles. The molecule has 0 amide bonds. The molecule has 252 valence electrons. The van der Waals surface area contributed by atoms with Gasteiger partial charge in [-0.05, 0) is 77.4 Å². The lowest BCUT2D eigenvalue weighted by Crippen LogP contribution is -2.55. The van der Waals surface area contributed by atoms with E-state index in [0.717, 1.165) is 87.4 Å². The highest BCUT2D eigenvalue weighted by Gasteiger charge is 2.51. The summed E-state index contributed by atoms with van der Waals surface area (Å²) in [5.74, 6) is 2.49. The number of rotatable bonds is 10. The van der Waals surface area contributed by atoms with Crippen LogP contribution in [0.3, 0.4) is 0 Å². The van der Waals surface area contributed by atoms with E-state index in [4.69, 9.17) is 25.0 Å². The normalized spacial score (nSPS) is 24.8. The quantitative estimate of drug-likeness (QED) is 0.279. The summed E-state index contributed by atoms with van der Waals surface area (Å²) in [6.07, 6.45) is 7.24. The van der Waals surface area contributed by atoms with Gasteiger partial charge in [0, 0.05) is 60.2 Å². The van der Waals surface area contributed by atoms with E-state index in [0.29, 0.717) is 40.9 Å². The second-order valence-electron chi connectivity index (χ2n) is 14.0. The number of thiophene rings is 1. The minimum absolute atomic E-state index is 0.0404. The average Bonchev–Trinajstić information content (AvgIpc) is 3.37. The number of anilines is 2. The first-order chi connectivity index (χ1) is 22.7. The highest BCUT2D eigenvalue weighted by atomic mass is 32.1. The van der Waals surface area contributed by atoms with Gasteiger partial charge in [-0.15, -0.1) is 11.3 Å². The number of alkyl halides is 1. The molecule has 4 atom stereocenters. The molecule has 4 aliphatic rings. The van der Waals surface area contributed by atoms with Crippen molar-refractivity contribution in [2.75, 3.05) is 50.4 Å². The van der Waals surface area contributed by atoms with Gasteiger partial charge < -0.3 is 19.9 Å². The number of fused-ring (bicyclic) bond motifs is 1. The van der Waals surface area contributed by atoms with Gasteiger partial charge in [-0.1, -0.05) is 25.4 Å². The fourth-order valence-electron chi connectivity index (χ4n) is 8.27. The van der Waals surface area contributed by atoms with Crippen molar-refractivity contribution in [2.45, 2.75) is 108 Å². The Bertz CT molecular complexity index is 1650. The Morgan fingerprint density at radius 3 is 2.81 bits per heavy atom. The summed E-state index contributed by atoms with van der Waals surface area (Å²) < 4.78 is 27.1. The monoisotopic (exact) mass is 662 g/mol. The van der Waals surface area contributed by atoms with Gasteiger partial charge in [-0.25, -0.2) is 9.37 Å². The average molecular weight is 663 g/mol. The Morgan fingerprint density at radius 2 is 2.11 bits per heavy atom. The van der Waals surface area contributed by atoms with Crippen LogP contribution in [-0.2, 0) is 12.8 Å². The molecule has 2 N–H and O–H groups in total. The number of likely N-dealkylation sites (tertiary alicyclic amines) is 1. The highest BCUT2D eigenvalue weighted by Crippen LogP contribution is 2.48. The van der Waals surface area contributed by atoms with Gasteiger partial charge in [0.2, 0.25) is 5.88 Å².